The monoisotopic (exact) mass is 324 g/mol. The van der Waals surface area contributed by atoms with Crippen LogP contribution in [0, 0.1) is 5.82 Å². The van der Waals surface area contributed by atoms with Gasteiger partial charge in [0.15, 0.2) is 0 Å². The zero-order valence-corrected chi connectivity index (χ0v) is 11.9. The van der Waals surface area contributed by atoms with Crippen molar-refractivity contribution in [2.24, 2.45) is 0 Å². The predicted molar refractivity (Wildman–Crippen MR) is 75.7 cm³/mol. The molecule has 0 heterocycles. The molecular formula is C15H14BrFO2. The van der Waals surface area contributed by atoms with Gasteiger partial charge in [0.2, 0.25) is 0 Å². The van der Waals surface area contributed by atoms with Gasteiger partial charge in [0, 0.05) is 6.61 Å². The van der Waals surface area contributed by atoms with E-state index in [2.05, 4.69) is 15.9 Å². The van der Waals surface area contributed by atoms with Crippen molar-refractivity contribution in [3.63, 3.8) is 0 Å². The van der Waals surface area contributed by atoms with E-state index in [-0.39, 0.29) is 12.4 Å². The van der Waals surface area contributed by atoms with Crippen LogP contribution in [0.3, 0.4) is 0 Å². The van der Waals surface area contributed by atoms with Crippen LogP contribution in [0.15, 0.2) is 46.9 Å². The summed E-state index contributed by atoms with van der Waals surface area (Å²) in [5.41, 5.74) is 1.85. The number of aliphatic hydroxyl groups is 1. The summed E-state index contributed by atoms with van der Waals surface area (Å²) in [6, 6.07) is 12.4. The first-order chi connectivity index (χ1) is 9.20. The van der Waals surface area contributed by atoms with Crippen molar-refractivity contribution >= 4 is 15.9 Å². The number of hydrogen-bond acceptors (Lipinski definition) is 2. The van der Waals surface area contributed by atoms with Gasteiger partial charge in [0.1, 0.15) is 18.2 Å². The van der Waals surface area contributed by atoms with Crippen LogP contribution in [0.25, 0.3) is 0 Å². The summed E-state index contributed by atoms with van der Waals surface area (Å²) in [7, 11) is 0. The van der Waals surface area contributed by atoms with Crippen molar-refractivity contribution in [2.75, 3.05) is 6.61 Å². The molecule has 0 fully saturated rings. The Morgan fingerprint density at radius 1 is 1.16 bits per heavy atom. The van der Waals surface area contributed by atoms with E-state index in [9.17, 15) is 4.39 Å². The summed E-state index contributed by atoms with van der Waals surface area (Å²) in [4.78, 5) is 0. The quantitative estimate of drug-likeness (QED) is 0.908. The van der Waals surface area contributed by atoms with Crippen molar-refractivity contribution in [1.82, 2.24) is 0 Å². The van der Waals surface area contributed by atoms with Crippen molar-refractivity contribution in [3.8, 4) is 5.75 Å². The summed E-state index contributed by atoms with van der Waals surface area (Å²) in [5.74, 6) is 0.460. The van der Waals surface area contributed by atoms with Gasteiger partial charge in [-0.15, -0.1) is 0 Å². The first kappa shape index (κ1) is 14.0. The smallest absolute Gasteiger partial charge is 0.137 e. The zero-order chi connectivity index (χ0) is 13.7. The minimum absolute atomic E-state index is 0.0858. The maximum absolute atomic E-state index is 13.1. The minimum Gasteiger partial charge on any atom is -0.489 e. The van der Waals surface area contributed by atoms with Gasteiger partial charge in [-0.2, -0.15) is 0 Å². The van der Waals surface area contributed by atoms with Crippen LogP contribution in [0.2, 0.25) is 0 Å². The Labute approximate surface area is 120 Å². The van der Waals surface area contributed by atoms with Crippen molar-refractivity contribution in [2.45, 2.75) is 13.0 Å². The van der Waals surface area contributed by atoms with E-state index in [1.165, 1.54) is 6.07 Å². The second kappa shape index (κ2) is 6.68. The van der Waals surface area contributed by atoms with Crippen molar-refractivity contribution in [1.29, 1.82) is 0 Å². The Morgan fingerprint density at radius 3 is 2.68 bits per heavy atom. The van der Waals surface area contributed by atoms with E-state index in [0.29, 0.717) is 17.5 Å². The SMILES string of the molecule is OCCc1ccccc1OCc1ccc(F)c(Br)c1. The Hall–Kier alpha value is -1.39. The van der Waals surface area contributed by atoms with E-state index in [0.717, 1.165) is 16.9 Å². The third-order valence-corrected chi connectivity index (χ3v) is 3.34. The summed E-state index contributed by atoms with van der Waals surface area (Å²) >= 11 is 3.15. The molecule has 0 aliphatic heterocycles. The van der Waals surface area contributed by atoms with Crippen LogP contribution in [0.5, 0.6) is 5.75 Å². The average molecular weight is 325 g/mol. The van der Waals surface area contributed by atoms with Crippen LogP contribution >= 0.6 is 15.9 Å². The highest BCUT2D eigenvalue weighted by molar-refractivity contribution is 9.10. The fraction of sp³-hybridized carbons (Fsp3) is 0.200. The highest BCUT2D eigenvalue weighted by Crippen LogP contribution is 2.21. The van der Waals surface area contributed by atoms with Crippen LogP contribution in [0.4, 0.5) is 4.39 Å². The van der Waals surface area contributed by atoms with E-state index in [1.54, 1.807) is 12.1 Å². The molecule has 0 saturated carbocycles. The first-order valence-electron chi connectivity index (χ1n) is 5.96. The molecule has 2 nitrogen and oxygen atoms in total. The Bertz CT molecular complexity index is 558. The lowest BCUT2D eigenvalue weighted by molar-refractivity contribution is 0.284. The summed E-state index contributed by atoms with van der Waals surface area (Å²) in [6.45, 7) is 0.448. The van der Waals surface area contributed by atoms with Crippen molar-refractivity contribution in [3.05, 3.63) is 63.9 Å². The molecule has 0 amide bonds. The molecule has 0 unspecified atom stereocenters. The summed E-state index contributed by atoms with van der Waals surface area (Å²) in [5, 5.41) is 8.99. The molecule has 0 saturated heterocycles. The van der Waals surface area contributed by atoms with Gasteiger partial charge < -0.3 is 9.84 Å². The number of benzene rings is 2. The van der Waals surface area contributed by atoms with Crippen LogP contribution < -0.4 is 4.74 Å². The molecule has 0 aliphatic rings. The standard InChI is InChI=1S/C15H14BrFO2/c16-13-9-11(5-6-14(13)17)10-19-15-4-2-1-3-12(15)7-8-18/h1-6,9,18H,7-8,10H2. The molecule has 2 aromatic rings. The molecule has 100 valence electrons. The number of rotatable bonds is 5. The van der Waals surface area contributed by atoms with Crippen LogP contribution in [-0.2, 0) is 13.0 Å². The first-order valence-corrected chi connectivity index (χ1v) is 6.75. The Kier molecular flexibility index (Phi) is 4.93. The van der Waals surface area contributed by atoms with Gasteiger partial charge in [0.05, 0.1) is 4.47 Å². The molecular weight excluding hydrogens is 311 g/mol. The second-order valence-electron chi connectivity index (χ2n) is 4.12. The van der Waals surface area contributed by atoms with E-state index >= 15 is 0 Å². The molecule has 2 rings (SSSR count). The predicted octanol–water partition coefficient (Wildman–Crippen LogP) is 3.70. The molecule has 0 atom stereocenters. The number of hydrogen-bond donors (Lipinski definition) is 1. The molecule has 4 heteroatoms. The van der Waals surface area contributed by atoms with Gasteiger partial charge in [-0.3, -0.25) is 0 Å². The van der Waals surface area contributed by atoms with E-state index in [1.807, 2.05) is 24.3 Å². The van der Waals surface area contributed by atoms with Gasteiger partial charge >= 0.3 is 0 Å². The lowest BCUT2D eigenvalue weighted by atomic mass is 10.1. The molecule has 1 N–H and O–H groups in total. The largest absolute Gasteiger partial charge is 0.489 e. The lowest BCUT2D eigenvalue weighted by Gasteiger charge is -2.11. The number of ether oxygens (including phenoxy) is 1. The minimum atomic E-state index is -0.288. The fourth-order valence-electron chi connectivity index (χ4n) is 1.76. The number of halogens is 2. The third kappa shape index (κ3) is 3.78. The normalized spacial score (nSPS) is 10.5. The maximum Gasteiger partial charge on any atom is 0.137 e. The van der Waals surface area contributed by atoms with Gasteiger partial charge in [-0.05, 0) is 51.7 Å². The van der Waals surface area contributed by atoms with E-state index in [4.69, 9.17) is 9.84 Å². The third-order valence-electron chi connectivity index (χ3n) is 2.73. The summed E-state index contributed by atoms with van der Waals surface area (Å²) in [6.07, 6.45) is 0.559. The zero-order valence-electron chi connectivity index (χ0n) is 10.3. The molecule has 0 spiro atoms. The van der Waals surface area contributed by atoms with Crippen LogP contribution in [-0.4, -0.2) is 11.7 Å². The number of aliphatic hydroxyl groups excluding tert-OH is 1. The molecule has 0 radical (unpaired) electrons. The highest BCUT2D eigenvalue weighted by Gasteiger charge is 2.04. The lowest BCUT2D eigenvalue weighted by Crippen LogP contribution is -2.00. The number of para-hydroxylation sites is 1. The highest BCUT2D eigenvalue weighted by atomic mass is 79.9. The molecule has 0 aromatic heterocycles. The maximum atomic E-state index is 13.1. The Morgan fingerprint density at radius 2 is 1.95 bits per heavy atom. The molecule has 2 aromatic carbocycles. The topological polar surface area (TPSA) is 29.5 Å². The molecule has 0 bridgehead atoms. The van der Waals surface area contributed by atoms with E-state index < -0.39 is 0 Å². The van der Waals surface area contributed by atoms with Crippen molar-refractivity contribution < 1.29 is 14.2 Å². The van der Waals surface area contributed by atoms with Gasteiger partial charge in [0.25, 0.3) is 0 Å². The van der Waals surface area contributed by atoms with Gasteiger partial charge in [-0.25, -0.2) is 4.39 Å². The molecule has 0 aliphatic carbocycles. The second-order valence-corrected chi connectivity index (χ2v) is 4.97. The molecule has 19 heavy (non-hydrogen) atoms. The van der Waals surface area contributed by atoms with Gasteiger partial charge in [-0.1, -0.05) is 24.3 Å². The Balaban J connectivity index is 2.07. The average Bonchev–Trinajstić information content (AvgIpc) is 2.42. The van der Waals surface area contributed by atoms with Crippen LogP contribution in [0.1, 0.15) is 11.1 Å². The summed E-state index contributed by atoms with van der Waals surface area (Å²) < 4.78 is 19.3. The fourth-order valence-corrected chi connectivity index (χ4v) is 2.19.